The number of carbonyl (C=O) groups excluding carboxylic acids is 1. The Hall–Kier alpha value is -2.55. The molecule has 0 spiro atoms. The van der Waals surface area contributed by atoms with Crippen molar-refractivity contribution in [2.24, 2.45) is 4.99 Å². The van der Waals surface area contributed by atoms with E-state index in [0.717, 1.165) is 49.6 Å². The average molecular weight is 443 g/mol. The van der Waals surface area contributed by atoms with Crippen LogP contribution >= 0.6 is 11.6 Å². The number of anilines is 1. The summed E-state index contributed by atoms with van der Waals surface area (Å²) in [5, 5.41) is 2.48. The number of nitrogens with two attached hydrogens (primary N) is 1. The topological polar surface area (TPSA) is 86.4 Å². The second-order valence-corrected chi connectivity index (χ2v) is 8.83. The predicted molar refractivity (Wildman–Crippen MR) is 120 cm³/mol. The summed E-state index contributed by atoms with van der Waals surface area (Å²) in [5.74, 6) is 1.74. The van der Waals surface area contributed by atoms with Gasteiger partial charge in [0.2, 0.25) is 0 Å². The van der Waals surface area contributed by atoms with E-state index in [0.29, 0.717) is 29.5 Å². The summed E-state index contributed by atoms with van der Waals surface area (Å²) >= 11 is 6.14. The molecule has 0 aromatic heterocycles. The second-order valence-electron chi connectivity index (χ2n) is 8.39. The maximum Gasteiger partial charge on any atom is 0.256 e. The number of rotatable bonds is 2. The quantitative estimate of drug-likeness (QED) is 0.684. The number of nitrogens with one attached hydrogen (secondary N) is 1. The highest BCUT2D eigenvalue weighted by atomic mass is 35.5. The van der Waals surface area contributed by atoms with Crippen molar-refractivity contribution in [1.29, 1.82) is 0 Å². The van der Waals surface area contributed by atoms with Crippen molar-refractivity contribution in [3.8, 4) is 0 Å². The van der Waals surface area contributed by atoms with E-state index < -0.39 is 0 Å². The lowest BCUT2D eigenvalue weighted by atomic mass is 9.94. The minimum atomic E-state index is -0.0695. The third-order valence-electron chi connectivity index (χ3n) is 6.28. The summed E-state index contributed by atoms with van der Waals surface area (Å²) in [7, 11) is 0. The molecule has 2 unspecified atom stereocenters. The van der Waals surface area contributed by atoms with Gasteiger partial charge in [0, 0.05) is 35.6 Å². The van der Waals surface area contributed by atoms with Gasteiger partial charge in [0.05, 0.1) is 24.3 Å². The van der Waals surface area contributed by atoms with Crippen LogP contribution in [0.3, 0.4) is 0 Å². The zero-order valence-electron chi connectivity index (χ0n) is 17.6. The first-order valence-electron chi connectivity index (χ1n) is 10.7. The molecule has 8 nitrogen and oxygen atoms in total. The molecule has 2 saturated heterocycles. The molecule has 4 heterocycles. The molecule has 0 bridgehead atoms. The van der Waals surface area contributed by atoms with Crippen LogP contribution in [0.1, 0.15) is 36.5 Å². The van der Waals surface area contributed by atoms with E-state index in [-0.39, 0.29) is 18.0 Å². The van der Waals surface area contributed by atoms with Gasteiger partial charge in [-0.2, -0.15) is 0 Å². The largest absolute Gasteiger partial charge is 0.398 e. The lowest BCUT2D eigenvalue weighted by Gasteiger charge is -2.39. The zero-order valence-corrected chi connectivity index (χ0v) is 18.3. The molecule has 9 heteroatoms. The Labute approximate surface area is 186 Å². The molecule has 0 radical (unpaired) electrons. The summed E-state index contributed by atoms with van der Waals surface area (Å²) in [5.41, 5.74) is 11.6. The number of amides is 1. The molecule has 4 aliphatic rings. The molecule has 1 aromatic carbocycles. The number of likely N-dealkylation sites (tertiary alicyclic amines) is 1. The van der Waals surface area contributed by atoms with E-state index in [1.807, 2.05) is 9.91 Å². The van der Waals surface area contributed by atoms with Crippen molar-refractivity contribution in [2.45, 2.75) is 38.3 Å². The highest BCUT2D eigenvalue weighted by Gasteiger charge is 2.38. The number of ether oxygens (including phenoxy) is 1. The Morgan fingerprint density at radius 1 is 1.32 bits per heavy atom. The number of amidine groups is 1. The second kappa shape index (κ2) is 8.18. The molecule has 5 rings (SSSR count). The Kier molecular flexibility index (Phi) is 5.37. The third-order valence-corrected chi connectivity index (χ3v) is 6.52. The van der Waals surface area contributed by atoms with Gasteiger partial charge in [0.1, 0.15) is 18.4 Å². The number of carbonyl (C=O) groups is 1. The van der Waals surface area contributed by atoms with Gasteiger partial charge in [-0.15, -0.1) is 0 Å². The molecular weight excluding hydrogens is 416 g/mol. The van der Waals surface area contributed by atoms with Crippen LogP contribution in [0.15, 0.2) is 46.9 Å². The molecule has 2 atom stereocenters. The maximum absolute atomic E-state index is 13.4. The first-order valence-corrected chi connectivity index (χ1v) is 11.1. The molecule has 4 aliphatic heterocycles. The Morgan fingerprint density at radius 3 is 3.00 bits per heavy atom. The monoisotopic (exact) mass is 442 g/mol. The number of halogens is 1. The van der Waals surface area contributed by atoms with Crippen LogP contribution < -0.4 is 11.2 Å². The number of hydrogen-bond acceptors (Lipinski definition) is 7. The zero-order chi connectivity index (χ0) is 21.5. The van der Waals surface area contributed by atoms with E-state index in [2.05, 4.69) is 29.5 Å². The Bertz CT molecular complexity index is 984. The van der Waals surface area contributed by atoms with Gasteiger partial charge in [-0.3, -0.25) is 9.80 Å². The molecule has 1 amide bonds. The lowest BCUT2D eigenvalue weighted by Crippen LogP contribution is -2.54. The van der Waals surface area contributed by atoms with E-state index in [4.69, 9.17) is 27.1 Å². The molecule has 0 saturated carbocycles. The Balaban J connectivity index is 1.40. The van der Waals surface area contributed by atoms with Crippen LogP contribution in [0.5, 0.6) is 0 Å². The first-order chi connectivity index (χ1) is 15.0. The summed E-state index contributed by atoms with van der Waals surface area (Å²) in [6, 6.07) is 5.05. The van der Waals surface area contributed by atoms with Crippen LogP contribution in [0.25, 0.3) is 0 Å². The predicted octanol–water partition coefficient (Wildman–Crippen LogP) is 2.55. The van der Waals surface area contributed by atoms with Gasteiger partial charge in [-0.25, -0.2) is 10.4 Å². The van der Waals surface area contributed by atoms with Gasteiger partial charge in [-0.05, 0) is 50.5 Å². The fraction of sp³-hybridized carbons (Fsp3) is 0.455. The minimum Gasteiger partial charge on any atom is -0.398 e. The van der Waals surface area contributed by atoms with E-state index >= 15 is 0 Å². The number of piperidine rings is 1. The number of aliphatic imine (C=N–C) groups is 1. The highest BCUT2D eigenvalue weighted by Crippen LogP contribution is 2.30. The van der Waals surface area contributed by atoms with Gasteiger partial charge >= 0.3 is 0 Å². The summed E-state index contributed by atoms with van der Waals surface area (Å²) < 4.78 is 5.49. The summed E-state index contributed by atoms with van der Waals surface area (Å²) in [4.78, 5) is 22.4. The molecule has 31 heavy (non-hydrogen) atoms. The van der Waals surface area contributed by atoms with Crippen molar-refractivity contribution < 1.29 is 9.53 Å². The molecule has 1 aromatic rings. The van der Waals surface area contributed by atoms with Crippen molar-refractivity contribution in [2.75, 3.05) is 32.2 Å². The normalized spacial score (nSPS) is 25.9. The molecule has 0 aliphatic carbocycles. The van der Waals surface area contributed by atoms with E-state index in [9.17, 15) is 4.79 Å². The van der Waals surface area contributed by atoms with Crippen LogP contribution in [-0.4, -0.2) is 65.1 Å². The van der Waals surface area contributed by atoms with Crippen molar-refractivity contribution >= 4 is 29.0 Å². The standard InChI is InChI=1S/C22H27ClN6O2/c1-14-12-29-20(25-21(14)27-8-9-31-13-27)11-18(26-29)19-4-2-3-7-28(19)22(30)16-10-15(23)5-6-17(16)24/h5-6,10-12,18-19,26H,2-4,7-9,13,24H2,1H3. The van der Waals surface area contributed by atoms with Crippen molar-refractivity contribution in [3.05, 3.63) is 52.5 Å². The molecule has 164 valence electrons. The number of nitrogen functional groups attached to an aromatic ring is 1. The maximum atomic E-state index is 13.4. The Morgan fingerprint density at radius 2 is 2.19 bits per heavy atom. The highest BCUT2D eigenvalue weighted by molar-refractivity contribution is 6.31. The first kappa shape index (κ1) is 20.4. The minimum absolute atomic E-state index is 0.0141. The van der Waals surface area contributed by atoms with Crippen LogP contribution in [0.4, 0.5) is 5.69 Å². The average Bonchev–Trinajstić information content (AvgIpc) is 3.44. The number of fused-ring (bicyclic) bond motifs is 1. The number of hydrogen-bond donors (Lipinski definition) is 2. The smallest absolute Gasteiger partial charge is 0.256 e. The molecular formula is C22H27ClN6O2. The summed E-state index contributed by atoms with van der Waals surface area (Å²) in [6.07, 6.45) is 7.16. The number of benzene rings is 1. The van der Waals surface area contributed by atoms with Crippen LogP contribution in [0.2, 0.25) is 5.02 Å². The lowest BCUT2D eigenvalue weighted by molar-refractivity contribution is 0.0562. The number of nitrogens with zero attached hydrogens (tertiary/aromatic N) is 4. The van der Waals surface area contributed by atoms with Gasteiger partial charge < -0.3 is 20.3 Å². The fourth-order valence-corrected chi connectivity index (χ4v) is 4.87. The van der Waals surface area contributed by atoms with Gasteiger partial charge in [0.15, 0.2) is 0 Å². The van der Waals surface area contributed by atoms with Crippen LogP contribution in [-0.2, 0) is 4.74 Å². The number of hydrazine groups is 1. The van der Waals surface area contributed by atoms with E-state index in [1.54, 1.807) is 18.2 Å². The van der Waals surface area contributed by atoms with Crippen LogP contribution in [0, 0.1) is 0 Å². The van der Waals surface area contributed by atoms with Crippen molar-refractivity contribution in [3.63, 3.8) is 0 Å². The SMILES string of the molecule is CC1=CN2NC(C3CCCCN3C(=O)c3cc(Cl)ccc3N)C=C2N=C1N1CCOC1. The molecule has 3 N–H and O–H groups in total. The molecule has 2 fully saturated rings. The van der Waals surface area contributed by atoms with Gasteiger partial charge in [-0.1, -0.05) is 11.6 Å². The van der Waals surface area contributed by atoms with Gasteiger partial charge in [0.25, 0.3) is 5.91 Å². The third kappa shape index (κ3) is 3.79. The fourth-order valence-electron chi connectivity index (χ4n) is 4.70. The van der Waals surface area contributed by atoms with Crippen molar-refractivity contribution in [1.82, 2.24) is 20.2 Å². The van der Waals surface area contributed by atoms with E-state index in [1.165, 1.54) is 0 Å². The summed E-state index contributed by atoms with van der Waals surface area (Å²) in [6.45, 7) is 4.90.